The van der Waals surface area contributed by atoms with Crippen molar-refractivity contribution in [2.75, 3.05) is 12.4 Å². The van der Waals surface area contributed by atoms with Crippen LogP contribution in [0.25, 0.3) is 0 Å². The minimum Gasteiger partial charge on any atom is -0.355 e. The van der Waals surface area contributed by atoms with Crippen LogP contribution in [0.4, 0.5) is 5.69 Å². The third-order valence-corrected chi connectivity index (χ3v) is 4.50. The van der Waals surface area contributed by atoms with Crippen molar-refractivity contribution in [3.8, 4) is 0 Å². The largest absolute Gasteiger partial charge is 0.355 e. The number of pyridine rings is 1. The van der Waals surface area contributed by atoms with Gasteiger partial charge in [-0.25, -0.2) is 0 Å². The highest BCUT2D eigenvalue weighted by Crippen LogP contribution is 2.26. The molecule has 0 aliphatic rings. The van der Waals surface area contributed by atoms with Crippen LogP contribution in [-0.4, -0.2) is 28.5 Å². The molecule has 154 valence electrons. The van der Waals surface area contributed by atoms with Crippen molar-refractivity contribution in [1.29, 1.82) is 5.41 Å². The fourth-order valence-corrected chi connectivity index (χ4v) is 2.89. The Kier molecular flexibility index (Phi) is 10.0. The molecule has 0 atom stereocenters. The quantitative estimate of drug-likeness (QED) is 0.393. The van der Waals surface area contributed by atoms with Gasteiger partial charge in [-0.3, -0.25) is 20.0 Å². The summed E-state index contributed by atoms with van der Waals surface area (Å²) in [6.07, 6.45) is 3.10. The van der Waals surface area contributed by atoms with Gasteiger partial charge in [0.15, 0.2) is 0 Å². The lowest BCUT2D eigenvalue weighted by atomic mass is 10.1. The van der Waals surface area contributed by atoms with E-state index in [1.165, 1.54) is 19.2 Å². The van der Waals surface area contributed by atoms with Crippen LogP contribution in [0.15, 0.2) is 42.1 Å². The third-order valence-electron chi connectivity index (χ3n) is 3.65. The summed E-state index contributed by atoms with van der Waals surface area (Å²) in [6.45, 7) is 5.21. The summed E-state index contributed by atoms with van der Waals surface area (Å²) in [5.41, 5.74) is 2.59. The molecule has 0 aliphatic heterocycles. The molecule has 3 N–H and O–H groups in total. The number of amides is 2. The van der Waals surface area contributed by atoms with Crippen LogP contribution in [0.1, 0.15) is 28.5 Å². The molecule has 0 fully saturated rings. The summed E-state index contributed by atoms with van der Waals surface area (Å²) < 4.78 is 0.0921. The van der Waals surface area contributed by atoms with Crippen LogP contribution in [0, 0.1) is 19.3 Å². The third kappa shape index (κ3) is 7.97. The van der Waals surface area contributed by atoms with E-state index >= 15 is 0 Å². The lowest BCUT2D eigenvalue weighted by Crippen LogP contribution is -2.22. The predicted octanol–water partition coefficient (Wildman–Crippen LogP) is 5.31. The summed E-state index contributed by atoms with van der Waals surface area (Å²) in [7, 11) is 1.50. The van der Waals surface area contributed by atoms with Crippen LogP contribution in [-0.2, 0) is 4.79 Å². The van der Waals surface area contributed by atoms with Crippen molar-refractivity contribution in [2.45, 2.75) is 20.8 Å². The van der Waals surface area contributed by atoms with Gasteiger partial charge in [-0.15, -0.1) is 0 Å². The highest BCUT2D eigenvalue weighted by atomic mass is 79.9. The second-order valence-corrected chi connectivity index (χ2v) is 7.62. The number of nitrogens with zero attached hydrogens (tertiary/aromatic N) is 1. The number of rotatable bonds is 4. The monoisotopic (exact) mass is 498 g/mol. The molecule has 0 bridgehead atoms. The van der Waals surface area contributed by atoms with Crippen molar-refractivity contribution < 1.29 is 9.59 Å². The van der Waals surface area contributed by atoms with E-state index in [9.17, 15) is 9.59 Å². The van der Waals surface area contributed by atoms with Crippen LogP contribution >= 0.6 is 39.1 Å². The second-order valence-electron chi connectivity index (χ2n) is 5.92. The van der Waals surface area contributed by atoms with E-state index in [1.807, 2.05) is 19.1 Å². The Morgan fingerprint density at radius 1 is 1.24 bits per heavy atom. The SMILES string of the molecule is CNC(=O)c1cc(Cl)cc(C)c1NC(=O)/C(C)=C/C(=N)Br.Cc1ncccc1Cl. The molecule has 2 rings (SSSR count). The molecule has 0 saturated heterocycles. The van der Waals surface area contributed by atoms with E-state index in [4.69, 9.17) is 28.6 Å². The van der Waals surface area contributed by atoms with Crippen molar-refractivity contribution >= 4 is 61.3 Å². The summed E-state index contributed by atoms with van der Waals surface area (Å²) in [4.78, 5) is 27.9. The number of aryl methyl sites for hydroxylation is 2. The van der Waals surface area contributed by atoms with Crippen molar-refractivity contribution in [3.63, 3.8) is 0 Å². The highest BCUT2D eigenvalue weighted by Gasteiger charge is 2.16. The molecule has 0 aliphatic carbocycles. The van der Waals surface area contributed by atoms with Crippen molar-refractivity contribution in [3.05, 3.63) is 69.0 Å². The average Bonchev–Trinajstić information content (AvgIpc) is 2.65. The molecule has 0 saturated carbocycles. The first-order valence-corrected chi connectivity index (χ1v) is 9.94. The lowest BCUT2D eigenvalue weighted by Gasteiger charge is -2.14. The number of carbonyl (C=O) groups is 2. The van der Waals surface area contributed by atoms with Gasteiger partial charge in [-0.2, -0.15) is 0 Å². The van der Waals surface area contributed by atoms with E-state index in [-0.39, 0.29) is 16.1 Å². The topological polar surface area (TPSA) is 94.9 Å². The smallest absolute Gasteiger partial charge is 0.253 e. The van der Waals surface area contributed by atoms with E-state index in [1.54, 1.807) is 26.1 Å². The Morgan fingerprint density at radius 3 is 2.38 bits per heavy atom. The minimum absolute atomic E-state index is 0.0921. The standard InChI is InChI=1S/C14H15BrClN3O2.C6H6ClN/c1-7-4-9(16)6-10(14(21)18-3)12(7)19-13(20)8(2)5-11(15)17;1-5-6(7)3-2-4-8-5/h4-6,17H,1-3H3,(H,18,21)(H,19,20);2-4H,1H3/b8-5+,17-11?;. The zero-order chi connectivity index (χ0) is 22.1. The summed E-state index contributed by atoms with van der Waals surface area (Å²) >= 11 is 14.5. The molecule has 0 radical (unpaired) electrons. The maximum Gasteiger partial charge on any atom is 0.253 e. The van der Waals surface area contributed by atoms with Crippen LogP contribution in [0.3, 0.4) is 0 Å². The molecule has 1 aromatic heterocycles. The van der Waals surface area contributed by atoms with Gasteiger partial charge in [-0.05, 0) is 72.6 Å². The molecule has 1 aromatic carbocycles. The van der Waals surface area contributed by atoms with E-state index in [0.29, 0.717) is 21.8 Å². The number of allylic oxidation sites excluding steroid dienone is 1. The number of benzene rings is 1. The molecular formula is C20H21BrCl2N4O2. The fourth-order valence-electron chi connectivity index (χ4n) is 2.16. The van der Waals surface area contributed by atoms with Crippen LogP contribution in [0.5, 0.6) is 0 Å². The molecule has 0 unspecified atom stereocenters. The van der Waals surface area contributed by atoms with Gasteiger partial charge >= 0.3 is 0 Å². The molecule has 29 heavy (non-hydrogen) atoms. The Morgan fingerprint density at radius 2 is 1.90 bits per heavy atom. The Labute approximate surface area is 188 Å². The number of nitrogens with one attached hydrogen (secondary N) is 3. The minimum atomic E-state index is -0.394. The van der Waals surface area contributed by atoms with Gasteiger partial charge in [-0.1, -0.05) is 23.2 Å². The number of hydrogen-bond acceptors (Lipinski definition) is 4. The maximum atomic E-state index is 12.1. The average molecular weight is 500 g/mol. The number of carbonyl (C=O) groups excluding carboxylic acids is 2. The van der Waals surface area contributed by atoms with E-state index in [2.05, 4.69) is 31.5 Å². The van der Waals surface area contributed by atoms with Crippen LogP contribution < -0.4 is 10.6 Å². The van der Waals surface area contributed by atoms with Gasteiger partial charge in [0, 0.05) is 23.8 Å². The molecular weight excluding hydrogens is 479 g/mol. The van der Waals surface area contributed by atoms with Gasteiger partial charge in [0.05, 0.1) is 26.6 Å². The predicted molar refractivity (Wildman–Crippen MR) is 123 cm³/mol. The molecule has 6 nitrogen and oxygen atoms in total. The number of halogens is 3. The van der Waals surface area contributed by atoms with Gasteiger partial charge in [0.1, 0.15) is 0 Å². The Hall–Kier alpha value is -2.22. The first-order chi connectivity index (χ1) is 13.6. The van der Waals surface area contributed by atoms with E-state index < -0.39 is 5.91 Å². The van der Waals surface area contributed by atoms with Crippen LogP contribution in [0.2, 0.25) is 10.0 Å². The first kappa shape index (κ1) is 24.8. The fraction of sp³-hybridized carbons (Fsp3) is 0.200. The Bertz CT molecular complexity index is 940. The lowest BCUT2D eigenvalue weighted by molar-refractivity contribution is -0.112. The van der Waals surface area contributed by atoms with Crippen molar-refractivity contribution in [1.82, 2.24) is 10.3 Å². The molecule has 2 aromatic rings. The number of anilines is 1. The maximum absolute atomic E-state index is 12.1. The molecule has 0 spiro atoms. The molecule has 2 amide bonds. The normalized spacial score (nSPS) is 10.5. The van der Waals surface area contributed by atoms with E-state index in [0.717, 1.165) is 10.7 Å². The summed E-state index contributed by atoms with van der Waals surface area (Å²) in [5.74, 6) is -0.736. The summed E-state index contributed by atoms with van der Waals surface area (Å²) in [5, 5.41) is 13.6. The second kappa shape index (κ2) is 11.7. The zero-order valence-corrected chi connectivity index (χ0v) is 19.5. The van der Waals surface area contributed by atoms with Gasteiger partial charge in [0.2, 0.25) is 0 Å². The van der Waals surface area contributed by atoms with Gasteiger partial charge < -0.3 is 10.6 Å². The number of hydrogen-bond donors (Lipinski definition) is 3. The van der Waals surface area contributed by atoms with Crippen molar-refractivity contribution in [2.24, 2.45) is 0 Å². The summed E-state index contributed by atoms with van der Waals surface area (Å²) in [6, 6.07) is 6.79. The number of aromatic nitrogens is 1. The Balaban J connectivity index is 0.000000436. The highest BCUT2D eigenvalue weighted by molar-refractivity contribution is 9.18. The molecule has 9 heteroatoms. The zero-order valence-electron chi connectivity index (χ0n) is 16.4. The van der Waals surface area contributed by atoms with Gasteiger partial charge in [0.25, 0.3) is 11.8 Å². The first-order valence-electron chi connectivity index (χ1n) is 8.39. The molecule has 1 heterocycles.